The van der Waals surface area contributed by atoms with Crippen molar-refractivity contribution in [2.45, 2.75) is 25.8 Å². The van der Waals surface area contributed by atoms with Crippen LogP contribution in [0.2, 0.25) is 5.02 Å². The molecule has 1 N–H and O–H groups in total. The van der Waals surface area contributed by atoms with Gasteiger partial charge in [-0.3, -0.25) is 4.79 Å². The van der Waals surface area contributed by atoms with E-state index in [1.165, 1.54) is 0 Å². The maximum absolute atomic E-state index is 11.8. The summed E-state index contributed by atoms with van der Waals surface area (Å²) in [6.45, 7) is 2.01. The van der Waals surface area contributed by atoms with E-state index in [-0.39, 0.29) is 11.9 Å². The van der Waals surface area contributed by atoms with E-state index in [2.05, 4.69) is 5.32 Å². The third-order valence-corrected chi connectivity index (χ3v) is 3.86. The molecule has 1 aromatic carbocycles. The first-order valence-corrected chi connectivity index (χ1v) is 7.45. The molecule has 1 atom stereocenters. The Morgan fingerprint density at radius 3 is 2.89 bits per heavy atom. The molecule has 1 unspecified atom stereocenters. The molecular weight excluding hydrogens is 278 g/mol. The van der Waals surface area contributed by atoms with E-state index in [9.17, 15) is 4.79 Å². The lowest BCUT2D eigenvalue weighted by Gasteiger charge is -2.13. The highest BCUT2D eigenvalue weighted by Gasteiger charge is 2.09. The van der Waals surface area contributed by atoms with Crippen molar-refractivity contribution in [1.29, 1.82) is 0 Å². The maximum atomic E-state index is 11.8. The molecule has 0 bridgehead atoms. The number of hydrogen-bond acceptors (Lipinski definition) is 2. The minimum Gasteiger partial charge on any atom is -0.353 e. The molecule has 0 radical (unpaired) electrons. The molecule has 0 aliphatic carbocycles. The minimum atomic E-state index is 0.0666. The summed E-state index contributed by atoms with van der Waals surface area (Å²) in [7, 11) is 0. The van der Waals surface area contributed by atoms with Gasteiger partial charge >= 0.3 is 0 Å². The SMILES string of the molecule is CC(Cc1cccc(Cl)c1)NC(=O)Cc1cccs1. The van der Waals surface area contributed by atoms with Crippen LogP contribution in [0.25, 0.3) is 0 Å². The minimum absolute atomic E-state index is 0.0666. The molecule has 1 heterocycles. The highest BCUT2D eigenvalue weighted by Crippen LogP contribution is 2.13. The Morgan fingerprint density at radius 2 is 2.21 bits per heavy atom. The summed E-state index contributed by atoms with van der Waals surface area (Å²) >= 11 is 7.55. The number of nitrogens with one attached hydrogen (secondary N) is 1. The Balaban J connectivity index is 1.84. The molecule has 19 heavy (non-hydrogen) atoms. The van der Waals surface area contributed by atoms with Gasteiger partial charge in [-0.15, -0.1) is 11.3 Å². The number of carbonyl (C=O) groups is 1. The molecule has 0 spiro atoms. The van der Waals surface area contributed by atoms with Crippen LogP contribution in [0.3, 0.4) is 0 Å². The van der Waals surface area contributed by atoms with Gasteiger partial charge in [-0.05, 0) is 42.5 Å². The molecule has 2 nitrogen and oxygen atoms in total. The van der Waals surface area contributed by atoms with Crippen molar-refractivity contribution in [2.75, 3.05) is 0 Å². The zero-order valence-electron chi connectivity index (χ0n) is 10.7. The van der Waals surface area contributed by atoms with Crippen molar-refractivity contribution in [1.82, 2.24) is 5.32 Å². The van der Waals surface area contributed by atoms with Gasteiger partial charge in [0.25, 0.3) is 0 Å². The predicted molar refractivity (Wildman–Crippen MR) is 80.8 cm³/mol. The molecule has 1 aromatic heterocycles. The molecular formula is C15H16ClNOS. The molecule has 0 aliphatic rings. The second-order valence-electron chi connectivity index (χ2n) is 4.56. The summed E-state index contributed by atoms with van der Waals surface area (Å²) in [5.74, 6) is 0.0666. The van der Waals surface area contributed by atoms with Crippen LogP contribution in [0.15, 0.2) is 41.8 Å². The molecule has 0 aliphatic heterocycles. The van der Waals surface area contributed by atoms with Crippen LogP contribution in [0, 0.1) is 0 Å². The number of rotatable bonds is 5. The van der Waals surface area contributed by atoms with Crippen LogP contribution in [0.5, 0.6) is 0 Å². The molecule has 4 heteroatoms. The van der Waals surface area contributed by atoms with Gasteiger partial charge in [0.05, 0.1) is 6.42 Å². The monoisotopic (exact) mass is 293 g/mol. The van der Waals surface area contributed by atoms with E-state index >= 15 is 0 Å². The van der Waals surface area contributed by atoms with Crippen LogP contribution >= 0.6 is 22.9 Å². The van der Waals surface area contributed by atoms with E-state index in [1.807, 2.05) is 48.7 Å². The van der Waals surface area contributed by atoms with Crippen molar-refractivity contribution in [3.8, 4) is 0 Å². The lowest BCUT2D eigenvalue weighted by Crippen LogP contribution is -2.34. The van der Waals surface area contributed by atoms with E-state index in [0.29, 0.717) is 6.42 Å². The lowest BCUT2D eigenvalue weighted by molar-refractivity contribution is -0.120. The number of thiophene rings is 1. The van der Waals surface area contributed by atoms with Gasteiger partial charge in [0.15, 0.2) is 0 Å². The largest absolute Gasteiger partial charge is 0.353 e. The van der Waals surface area contributed by atoms with E-state index in [0.717, 1.165) is 21.9 Å². The average Bonchev–Trinajstić information content (AvgIpc) is 2.81. The quantitative estimate of drug-likeness (QED) is 0.895. The molecule has 100 valence electrons. The lowest BCUT2D eigenvalue weighted by atomic mass is 10.1. The Labute approximate surface area is 122 Å². The van der Waals surface area contributed by atoms with Crippen LogP contribution in [-0.4, -0.2) is 11.9 Å². The Hall–Kier alpha value is -1.32. The summed E-state index contributed by atoms with van der Waals surface area (Å²) in [5, 5.41) is 5.73. The third-order valence-electron chi connectivity index (χ3n) is 2.75. The second kappa shape index (κ2) is 6.73. The number of amides is 1. The molecule has 1 amide bonds. The predicted octanol–water partition coefficient (Wildman–Crippen LogP) is 3.69. The first-order chi connectivity index (χ1) is 9.13. The van der Waals surface area contributed by atoms with Gasteiger partial charge in [0, 0.05) is 15.9 Å². The molecule has 2 rings (SSSR count). The van der Waals surface area contributed by atoms with Gasteiger partial charge in [0.1, 0.15) is 0 Å². The summed E-state index contributed by atoms with van der Waals surface area (Å²) in [6.07, 6.45) is 1.24. The van der Waals surface area contributed by atoms with Gasteiger partial charge in [-0.2, -0.15) is 0 Å². The summed E-state index contributed by atoms with van der Waals surface area (Å²) in [6, 6.07) is 11.8. The number of halogens is 1. The van der Waals surface area contributed by atoms with Crippen molar-refractivity contribution in [3.05, 3.63) is 57.2 Å². The fraction of sp³-hybridized carbons (Fsp3) is 0.267. The zero-order valence-corrected chi connectivity index (χ0v) is 12.3. The second-order valence-corrected chi connectivity index (χ2v) is 6.03. The smallest absolute Gasteiger partial charge is 0.225 e. The number of benzene rings is 1. The van der Waals surface area contributed by atoms with Crippen molar-refractivity contribution >= 4 is 28.8 Å². The normalized spacial score (nSPS) is 12.1. The topological polar surface area (TPSA) is 29.1 Å². The van der Waals surface area contributed by atoms with Gasteiger partial charge in [-0.1, -0.05) is 29.8 Å². The summed E-state index contributed by atoms with van der Waals surface area (Å²) in [4.78, 5) is 12.9. The highest BCUT2D eigenvalue weighted by atomic mass is 35.5. The molecule has 0 saturated carbocycles. The molecule has 0 saturated heterocycles. The van der Waals surface area contributed by atoms with Crippen LogP contribution in [-0.2, 0) is 17.6 Å². The first-order valence-electron chi connectivity index (χ1n) is 6.19. The van der Waals surface area contributed by atoms with Crippen molar-refractivity contribution in [2.24, 2.45) is 0 Å². The molecule has 0 fully saturated rings. The van der Waals surface area contributed by atoms with E-state index in [1.54, 1.807) is 11.3 Å². The first kappa shape index (κ1) is 14.1. The maximum Gasteiger partial charge on any atom is 0.225 e. The molecule has 2 aromatic rings. The third kappa shape index (κ3) is 4.69. The van der Waals surface area contributed by atoms with Crippen LogP contribution in [0.1, 0.15) is 17.4 Å². The standard InChI is InChI=1S/C15H16ClNOS/c1-11(8-12-4-2-5-13(16)9-12)17-15(18)10-14-6-3-7-19-14/h2-7,9,11H,8,10H2,1H3,(H,17,18). The van der Waals surface area contributed by atoms with Gasteiger partial charge in [0.2, 0.25) is 5.91 Å². The van der Waals surface area contributed by atoms with Gasteiger partial charge in [-0.25, -0.2) is 0 Å². The zero-order chi connectivity index (χ0) is 13.7. The van der Waals surface area contributed by atoms with Crippen molar-refractivity contribution in [3.63, 3.8) is 0 Å². The number of hydrogen-bond donors (Lipinski definition) is 1. The Kier molecular flexibility index (Phi) is 5.00. The average molecular weight is 294 g/mol. The number of carbonyl (C=O) groups excluding carboxylic acids is 1. The van der Waals surface area contributed by atoms with Gasteiger partial charge < -0.3 is 5.32 Å². The fourth-order valence-corrected chi connectivity index (χ4v) is 2.88. The summed E-state index contributed by atoms with van der Waals surface area (Å²) in [5.41, 5.74) is 1.14. The van der Waals surface area contributed by atoms with E-state index in [4.69, 9.17) is 11.6 Å². The van der Waals surface area contributed by atoms with Crippen LogP contribution in [0.4, 0.5) is 0 Å². The summed E-state index contributed by atoms with van der Waals surface area (Å²) < 4.78 is 0. The Morgan fingerprint density at radius 1 is 1.37 bits per heavy atom. The Bertz CT molecular complexity index is 539. The van der Waals surface area contributed by atoms with Crippen LogP contribution < -0.4 is 5.32 Å². The highest BCUT2D eigenvalue weighted by molar-refractivity contribution is 7.10. The van der Waals surface area contributed by atoms with E-state index < -0.39 is 0 Å². The van der Waals surface area contributed by atoms with Crippen molar-refractivity contribution < 1.29 is 4.79 Å². The fourth-order valence-electron chi connectivity index (χ4n) is 1.97.